The Morgan fingerprint density at radius 2 is 2.10 bits per heavy atom. The molecule has 21 heavy (non-hydrogen) atoms. The molecule has 5 heteroatoms. The van der Waals surface area contributed by atoms with Gasteiger partial charge in [-0.25, -0.2) is 0 Å². The van der Waals surface area contributed by atoms with Crippen molar-refractivity contribution in [3.8, 4) is 0 Å². The van der Waals surface area contributed by atoms with E-state index in [2.05, 4.69) is 30.3 Å². The molecule has 0 fully saturated rings. The van der Waals surface area contributed by atoms with Crippen LogP contribution in [0.5, 0.6) is 0 Å². The third-order valence-corrected chi connectivity index (χ3v) is 3.82. The van der Waals surface area contributed by atoms with Crippen LogP contribution in [-0.2, 0) is 6.54 Å². The van der Waals surface area contributed by atoms with Crippen LogP contribution in [0.2, 0.25) is 5.02 Å². The van der Waals surface area contributed by atoms with Gasteiger partial charge in [0.15, 0.2) is 0 Å². The molecule has 0 aromatic carbocycles. The van der Waals surface area contributed by atoms with Gasteiger partial charge in [0, 0.05) is 12.1 Å². The molecule has 2 aromatic rings. The Hall–Kier alpha value is -1.26. The van der Waals surface area contributed by atoms with Gasteiger partial charge >= 0.3 is 0 Å². The molecule has 1 N–H and O–H groups in total. The van der Waals surface area contributed by atoms with Crippen LogP contribution in [0.1, 0.15) is 55.5 Å². The van der Waals surface area contributed by atoms with Crippen molar-refractivity contribution in [1.29, 1.82) is 0 Å². The first-order valence-electron chi connectivity index (χ1n) is 7.60. The number of hydrogen-bond acceptors (Lipinski definition) is 3. The second kappa shape index (κ2) is 7.14. The summed E-state index contributed by atoms with van der Waals surface area (Å²) in [5.74, 6) is 1.85. The lowest BCUT2D eigenvalue weighted by atomic mass is 10.0. The average Bonchev–Trinajstić information content (AvgIpc) is 2.96. The zero-order chi connectivity index (χ0) is 15.4. The minimum absolute atomic E-state index is 0.0175. The van der Waals surface area contributed by atoms with E-state index in [1.807, 2.05) is 18.5 Å². The fourth-order valence-electron chi connectivity index (χ4n) is 2.63. The smallest absolute Gasteiger partial charge is 0.106 e. The standard InChI is InChI=1S/C16H24ClN3O/c1-5-7-18-15(13-9-11(3)21-12(13)4)16-14(17)10-19-20(16)8-6-2/h9-10,15,18H,5-8H2,1-4H3. The Labute approximate surface area is 131 Å². The van der Waals surface area contributed by atoms with Crippen LogP contribution >= 0.6 is 11.6 Å². The first kappa shape index (κ1) is 16.1. The van der Waals surface area contributed by atoms with Crippen molar-refractivity contribution in [2.75, 3.05) is 6.54 Å². The Balaban J connectivity index is 2.45. The summed E-state index contributed by atoms with van der Waals surface area (Å²) in [5.41, 5.74) is 2.16. The predicted octanol–water partition coefficient (Wildman–Crippen LogP) is 4.25. The largest absolute Gasteiger partial charge is 0.466 e. The van der Waals surface area contributed by atoms with Crippen LogP contribution in [0.25, 0.3) is 0 Å². The van der Waals surface area contributed by atoms with Gasteiger partial charge in [-0.15, -0.1) is 0 Å². The molecule has 0 aliphatic carbocycles. The average molecular weight is 310 g/mol. The molecule has 0 saturated carbocycles. The second-order valence-electron chi connectivity index (χ2n) is 5.36. The summed E-state index contributed by atoms with van der Waals surface area (Å²) in [6.45, 7) is 10.0. The number of rotatable bonds is 7. The predicted molar refractivity (Wildman–Crippen MR) is 85.8 cm³/mol. The molecule has 0 bridgehead atoms. The summed E-state index contributed by atoms with van der Waals surface area (Å²) < 4.78 is 7.70. The lowest BCUT2D eigenvalue weighted by Gasteiger charge is -2.20. The molecular weight excluding hydrogens is 286 g/mol. The number of nitrogens with zero attached hydrogens (tertiary/aromatic N) is 2. The van der Waals surface area contributed by atoms with Gasteiger partial charge in [-0.1, -0.05) is 25.4 Å². The minimum Gasteiger partial charge on any atom is -0.466 e. The fourth-order valence-corrected chi connectivity index (χ4v) is 2.88. The summed E-state index contributed by atoms with van der Waals surface area (Å²) >= 11 is 6.41. The molecule has 2 rings (SSSR count). The number of furan rings is 1. The van der Waals surface area contributed by atoms with Crippen molar-refractivity contribution in [2.45, 2.75) is 53.1 Å². The molecule has 116 valence electrons. The van der Waals surface area contributed by atoms with E-state index in [1.165, 1.54) is 0 Å². The molecular formula is C16H24ClN3O. The zero-order valence-corrected chi connectivity index (χ0v) is 14.0. The number of nitrogens with one attached hydrogen (secondary N) is 1. The normalized spacial score (nSPS) is 12.8. The lowest BCUT2D eigenvalue weighted by molar-refractivity contribution is 0.481. The van der Waals surface area contributed by atoms with E-state index in [0.717, 1.165) is 48.7 Å². The van der Waals surface area contributed by atoms with Crippen LogP contribution in [0.4, 0.5) is 0 Å². The van der Waals surface area contributed by atoms with E-state index in [-0.39, 0.29) is 6.04 Å². The summed E-state index contributed by atoms with van der Waals surface area (Å²) in [7, 11) is 0. The highest BCUT2D eigenvalue weighted by Gasteiger charge is 2.24. The van der Waals surface area contributed by atoms with Gasteiger partial charge < -0.3 is 9.73 Å². The highest BCUT2D eigenvalue weighted by molar-refractivity contribution is 6.31. The number of halogens is 1. The number of hydrogen-bond donors (Lipinski definition) is 1. The van der Waals surface area contributed by atoms with E-state index in [0.29, 0.717) is 5.02 Å². The van der Waals surface area contributed by atoms with E-state index >= 15 is 0 Å². The lowest BCUT2D eigenvalue weighted by Crippen LogP contribution is -2.26. The maximum absolute atomic E-state index is 6.41. The number of aromatic nitrogens is 2. The van der Waals surface area contributed by atoms with Crippen LogP contribution in [0.3, 0.4) is 0 Å². The monoisotopic (exact) mass is 309 g/mol. The Kier molecular flexibility index (Phi) is 5.48. The highest BCUT2D eigenvalue weighted by Crippen LogP contribution is 2.32. The molecule has 0 saturated heterocycles. The van der Waals surface area contributed by atoms with Crippen LogP contribution in [0, 0.1) is 13.8 Å². The second-order valence-corrected chi connectivity index (χ2v) is 5.76. The molecule has 1 atom stereocenters. The van der Waals surface area contributed by atoms with Crippen molar-refractivity contribution in [2.24, 2.45) is 0 Å². The van der Waals surface area contributed by atoms with Gasteiger partial charge in [0.05, 0.1) is 23.0 Å². The van der Waals surface area contributed by atoms with Crippen LogP contribution < -0.4 is 5.32 Å². The molecule has 1 unspecified atom stereocenters. The molecule has 2 aromatic heterocycles. The fraction of sp³-hybridized carbons (Fsp3) is 0.562. The number of aryl methyl sites for hydroxylation is 3. The first-order chi connectivity index (χ1) is 10.1. The van der Waals surface area contributed by atoms with Gasteiger partial charge in [0.25, 0.3) is 0 Å². The van der Waals surface area contributed by atoms with Crippen molar-refractivity contribution in [3.05, 3.63) is 40.1 Å². The highest BCUT2D eigenvalue weighted by atomic mass is 35.5. The summed E-state index contributed by atoms with van der Waals surface area (Å²) in [6, 6.07) is 2.10. The van der Waals surface area contributed by atoms with Gasteiger partial charge in [-0.3, -0.25) is 4.68 Å². The van der Waals surface area contributed by atoms with Crippen LogP contribution in [0.15, 0.2) is 16.7 Å². The van der Waals surface area contributed by atoms with Gasteiger partial charge in [0.2, 0.25) is 0 Å². The molecule has 4 nitrogen and oxygen atoms in total. The maximum Gasteiger partial charge on any atom is 0.106 e. The SMILES string of the molecule is CCCNC(c1cc(C)oc1C)c1c(Cl)cnn1CCC. The summed E-state index contributed by atoms with van der Waals surface area (Å²) in [6.07, 6.45) is 3.82. The zero-order valence-electron chi connectivity index (χ0n) is 13.2. The van der Waals surface area contributed by atoms with Crippen molar-refractivity contribution in [3.63, 3.8) is 0 Å². The Morgan fingerprint density at radius 1 is 1.33 bits per heavy atom. The first-order valence-corrected chi connectivity index (χ1v) is 7.97. The molecule has 0 amide bonds. The molecule has 2 heterocycles. The topological polar surface area (TPSA) is 43.0 Å². The molecule has 0 aliphatic heterocycles. The van der Waals surface area contributed by atoms with E-state index < -0.39 is 0 Å². The quantitative estimate of drug-likeness (QED) is 0.831. The molecule has 0 spiro atoms. The molecule has 0 aliphatic rings. The van der Waals surface area contributed by atoms with E-state index in [9.17, 15) is 0 Å². The van der Waals surface area contributed by atoms with E-state index in [4.69, 9.17) is 16.0 Å². The maximum atomic E-state index is 6.41. The van der Waals surface area contributed by atoms with Crippen LogP contribution in [-0.4, -0.2) is 16.3 Å². The third kappa shape index (κ3) is 3.50. The molecule has 0 radical (unpaired) electrons. The van der Waals surface area contributed by atoms with Gasteiger partial charge in [0.1, 0.15) is 11.5 Å². The minimum atomic E-state index is 0.0175. The van der Waals surface area contributed by atoms with Crippen molar-refractivity contribution >= 4 is 11.6 Å². The summed E-state index contributed by atoms with van der Waals surface area (Å²) in [4.78, 5) is 0. The van der Waals surface area contributed by atoms with E-state index in [1.54, 1.807) is 6.20 Å². The van der Waals surface area contributed by atoms with Crippen molar-refractivity contribution in [1.82, 2.24) is 15.1 Å². The van der Waals surface area contributed by atoms with Gasteiger partial charge in [-0.05, 0) is 39.3 Å². The Morgan fingerprint density at radius 3 is 2.67 bits per heavy atom. The van der Waals surface area contributed by atoms with Gasteiger partial charge in [-0.2, -0.15) is 5.10 Å². The third-order valence-electron chi connectivity index (χ3n) is 3.53. The van der Waals surface area contributed by atoms with Crippen molar-refractivity contribution < 1.29 is 4.42 Å². The Bertz CT molecular complexity index is 588. The summed E-state index contributed by atoms with van der Waals surface area (Å²) in [5, 5.41) is 8.69.